The fourth-order valence-corrected chi connectivity index (χ4v) is 2.77. The fraction of sp³-hybridized carbons (Fsp3) is 0. The van der Waals surface area contributed by atoms with Crippen LogP contribution < -0.4 is 9.47 Å². The van der Waals surface area contributed by atoms with Crippen LogP contribution in [0.1, 0.15) is 15.9 Å². The largest absolute Gasteiger partial charge is 0.457 e. The summed E-state index contributed by atoms with van der Waals surface area (Å²) in [4.78, 5) is 12.4. The summed E-state index contributed by atoms with van der Waals surface area (Å²) in [6.45, 7) is 0. The summed E-state index contributed by atoms with van der Waals surface area (Å²) in [5.74, 6) is 2.88. The summed E-state index contributed by atoms with van der Waals surface area (Å²) in [7, 11) is 0. The Morgan fingerprint density at radius 2 is 0.786 bits per heavy atom. The fourth-order valence-electron chi connectivity index (χ4n) is 2.77. The van der Waals surface area contributed by atoms with Gasteiger partial charge in [-0.2, -0.15) is 0 Å². The number of rotatable bonds is 6. The first kappa shape index (κ1) is 17.6. The van der Waals surface area contributed by atoms with Gasteiger partial charge in [-0.1, -0.05) is 48.5 Å². The quantitative estimate of drug-likeness (QED) is 0.365. The lowest BCUT2D eigenvalue weighted by Crippen LogP contribution is -2.00. The third kappa shape index (κ3) is 4.27. The number of ether oxygens (including phenoxy) is 2. The summed E-state index contributed by atoms with van der Waals surface area (Å²) in [6.07, 6.45) is 0. The average molecular weight is 366 g/mol. The molecule has 0 saturated carbocycles. The molecule has 28 heavy (non-hydrogen) atoms. The molecular formula is C25H18O3. The molecule has 0 radical (unpaired) electrons. The average Bonchev–Trinajstić information content (AvgIpc) is 2.76. The molecule has 0 bridgehead atoms. The Hall–Kier alpha value is -3.85. The highest BCUT2D eigenvalue weighted by atomic mass is 16.5. The van der Waals surface area contributed by atoms with Crippen LogP contribution in [0.4, 0.5) is 0 Å². The van der Waals surface area contributed by atoms with E-state index in [0.29, 0.717) is 22.6 Å². The van der Waals surface area contributed by atoms with E-state index in [1.54, 1.807) is 24.3 Å². The Labute approximate surface area is 163 Å². The maximum absolute atomic E-state index is 12.4. The van der Waals surface area contributed by atoms with Gasteiger partial charge in [-0.3, -0.25) is 4.79 Å². The first-order chi connectivity index (χ1) is 13.8. The van der Waals surface area contributed by atoms with Crippen LogP contribution in [0.2, 0.25) is 0 Å². The molecule has 136 valence electrons. The summed E-state index contributed by atoms with van der Waals surface area (Å²) in [5, 5.41) is 0. The van der Waals surface area contributed by atoms with Crippen molar-refractivity contribution >= 4 is 5.78 Å². The Bertz CT molecular complexity index is 1040. The van der Waals surface area contributed by atoms with Gasteiger partial charge < -0.3 is 9.47 Å². The second-order valence-corrected chi connectivity index (χ2v) is 6.21. The van der Waals surface area contributed by atoms with E-state index in [1.807, 2.05) is 84.9 Å². The lowest BCUT2D eigenvalue weighted by atomic mass is 10.0. The van der Waals surface area contributed by atoms with Crippen molar-refractivity contribution in [3.63, 3.8) is 0 Å². The van der Waals surface area contributed by atoms with Gasteiger partial charge in [0.15, 0.2) is 5.78 Å². The molecule has 0 amide bonds. The van der Waals surface area contributed by atoms with Crippen LogP contribution in [0.25, 0.3) is 0 Å². The van der Waals surface area contributed by atoms with E-state index in [4.69, 9.17) is 9.47 Å². The molecule has 0 heterocycles. The lowest BCUT2D eigenvalue weighted by Gasteiger charge is -2.09. The Morgan fingerprint density at radius 3 is 1.29 bits per heavy atom. The van der Waals surface area contributed by atoms with E-state index < -0.39 is 0 Å². The van der Waals surface area contributed by atoms with Crippen molar-refractivity contribution in [3.05, 3.63) is 120 Å². The number of carbonyl (C=O) groups is 1. The van der Waals surface area contributed by atoms with E-state index in [9.17, 15) is 4.79 Å². The number of carbonyl (C=O) groups excluding carboxylic acids is 1. The molecule has 0 spiro atoms. The van der Waals surface area contributed by atoms with E-state index in [1.165, 1.54) is 0 Å². The van der Waals surface area contributed by atoms with Crippen molar-refractivity contribution in [2.45, 2.75) is 0 Å². The predicted molar refractivity (Wildman–Crippen MR) is 109 cm³/mol. The third-order valence-electron chi connectivity index (χ3n) is 4.19. The Kier molecular flexibility index (Phi) is 5.16. The second kappa shape index (κ2) is 8.23. The number of hydrogen-bond acceptors (Lipinski definition) is 3. The summed E-state index contributed by atoms with van der Waals surface area (Å²) in [6, 6.07) is 33.4. The Morgan fingerprint density at radius 1 is 0.429 bits per heavy atom. The molecule has 3 nitrogen and oxygen atoms in total. The molecule has 4 rings (SSSR count). The number of benzene rings is 4. The van der Waals surface area contributed by atoms with Crippen LogP contribution >= 0.6 is 0 Å². The molecule has 4 aromatic carbocycles. The molecule has 4 aromatic rings. The zero-order chi connectivity index (χ0) is 19.2. The van der Waals surface area contributed by atoms with Crippen LogP contribution in [0, 0.1) is 0 Å². The highest BCUT2D eigenvalue weighted by Gasteiger charge is 2.08. The van der Waals surface area contributed by atoms with Crippen molar-refractivity contribution < 1.29 is 14.3 Å². The summed E-state index contributed by atoms with van der Waals surface area (Å²) in [5.41, 5.74) is 1.30. The van der Waals surface area contributed by atoms with E-state index >= 15 is 0 Å². The maximum Gasteiger partial charge on any atom is 0.193 e. The van der Waals surface area contributed by atoms with Crippen molar-refractivity contribution in [2.24, 2.45) is 0 Å². The zero-order valence-electron chi connectivity index (χ0n) is 15.1. The van der Waals surface area contributed by atoms with Gasteiger partial charge in [0.2, 0.25) is 0 Å². The lowest BCUT2D eigenvalue weighted by molar-refractivity contribution is 0.103. The molecular weight excluding hydrogens is 348 g/mol. The maximum atomic E-state index is 12.4. The molecule has 0 atom stereocenters. The third-order valence-corrected chi connectivity index (χ3v) is 4.19. The van der Waals surface area contributed by atoms with Crippen LogP contribution in [0.5, 0.6) is 23.0 Å². The van der Waals surface area contributed by atoms with Crippen molar-refractivity contribution in [3.8, 4) is 23.0 Å². The summed E-state index contributed by atoms with van der Waals surface area (Å²) >= 11 is 0. The van der Waals surface area contributed by atoms with Gasteiger partial charge in [-0.25, -0.2) is 0 Å². The van der Waals surface area contributed by atoms with Gasteiger partial charge in [-0.15, -0.1) is 0 Å². The molecule has 0 aromatic heterocycles. The normalized spacial score (nSPS) is 10.3. The number of hydrogen-bond donors (Lipinski definition) is 0. The molecule has 0 fully saturated rings. The molecule has 0 aliphatic heterocycles. The smallest absolute Gasteiger partial charge is 0.193 e. The minimum Gasteiger partial charge on any atom is -0.457 e. The monoisotopic (exact) mass is 366 g/mol. The molecule has 3 heteroatoms. The zero-order valence-corrected chi connectivity index (χ0v) is 15.1. The van der Waals surface area contributed by atoms with Crippen LogP contribution in [-0.2, 0) is 0 Å². The molecule has 0 aliphatic carbocycles. The highest BCUT2D eigenvalue weighted by molar-refractivity contribution is 6.08. The standard InChI is InChI=1S/C25H18O3/c26-25(19-7-3-1-4-8-19)20-11-13-22(14-12-20)28-24-17-15-23(16-18-24)27-21-9-5-2-6-10-21/h1-18H. The van der Waals surface area contributed by atoms with Crippen LogP contribution in [0.3, 0.4) is 0 Å². The van der Waals surface area contributed by atoms with Gasteiger partial charge in [0.05, 0.1) is 0 Å². The molecule has 0 aliphatic rings. The van der Waals surface area contributed by atoms with E-state index in [0.717, 1.165) is 11.5 Å². The minimum atomic E-state index is -0.00503. The van der Waals surface area contributed by atoms with Crippen LogP contribution in [0.15, 0.2) is 109 Å². The number of ketones is 1. The van der Waals surface area contributed by atoms with Crippen molar-refractivity contribution in [2.75, 3.05) is 0 Å². The van der Waals surface area contributed by atoms with Crippen molar-refractivity contribution in [1.29, 1.82) is 0 Å². The van der Waals surface area contributed by atoms with Crippen molar-refractivity contribution in [1.82, 2.24) is 0 Å². The Balaban J connectivity index is 1.41. The van der Waals surface area contributed by atoms with E-state index in [2.05, 4.69) is 0 Å². The van der Waals surface area contributed by atoms with Gasteiger partial charge in [0.1, 0.15) is 23.0 Å². The van der Waals surface area contributed by atoms with Gasteiger partial charge in [0, 0.05) is 11.1 Å². The van der Waals surface area contributed by atoms with Gasteiger partial charge in [-0.05, 0) is 60.7 Å². The minimum absolute atomic E-state index is 0.00503. The SMILES string of the molecule is O=C(c1ccccc1)c1ccc(Oc2ccc(Oc3ccccc3)cc2)cc1. The molecule has 0 N–H and O–H groups in total. The second-order valence-electron chi connectivity index (χ2n) is 6.21. The van der Waals surface area contributed by atoms with Gasteiger partial charge >= 0.3 is 0 Å². The number of para-hydroxylation sites is 1. The topological polar surface area (TPSA) is 35.5 Å². The highest BCUT2D eigenvalue weighted by Crippen LogP contribution is 2.27. The molecule has 0 saturated heterocycles. The predicted octanol–water partition coefficient (Wildman–Crippen LogP) is 6.50. The van der Waals surface area contributed by atoms with Gasteiger partial charge in [0.25, 0.3) is 0 Å². The first-order valence-corrected chi connectivity index (χ1v) is 8.98. The first-order valence-electron chi connectivity index (χ1n) is 8.98. The molecule has 0 unspecified atom stereocenters. The summed E-state index contributed by atoms with van der Waals surface area (Å²) < 4.78 is 11.6. The van der Waals surface area contributed by atoms with Crippen LogP contribution in [-0.4, -0.2) is 5.78 Å². The van der Waals surface area contributed by atoms with E-state index in [-0.39, 0.29) is 5.78 Å².